The van der Waals surface area contributed by atoms with Gasteiger partial charge < -0.3 is 19.9 Å². The zero-order valence-electron chi connectivity index (χ0n) is 14.5. The van der Waals surface area contributed by atoms with Crippen LogP contribution >= 0.6 is 11.6 Å². The van der Waals surface area contributed by atoms with E-state index in [9.17, 15) is 9.90 Å². The highest BCUT2D eigenvalue weighted by atomic mass is 35.5. The van der Waals surface area contributed by atoms with E-state index in [1.165, 1.54) is 12.8 Å². The number of aromatic nitrogens is 1. The highest BCUT2D eigenvalue weighted by molar-refractivity contribution is 6.39. The molecule has 3 N–H and O–H groups in total. The van der Waals surface area contributed by atoms with Crippen LogP contribution in [-0.2, 0) is 0 Å². The summed E-state index contributed by atoms with van der Waals surface area (Å²) in [7, 11) is 0. The molecule has 3 heterocycles. The maximum atomic E-state index is 13.2. The number of fused-ring (bicyclic) bond motifs is 1. The number of likely N-dealkylation sites (tertiary alicyclic amines) is 2. The summed E-state index contributed by atoms with van der Waals surface area (Å²) >= 11 is 6.50. The SMILES string of the molecule is N=Nc1c(O)[nH]c2ccc(C(=O)N3CCC[C@@H]3CN3CCCC3)c(Cl)c12. The normalized spacial score (nSPS) is 21.0. The number of carbonyl (C=O) groups excluding carboxylic acids is 1. The van der Waals surface area contributed by atoms with Gasteiger partial charge in [0.2, 0.25) is 5.88 Å². The first-order valence-electron chi connectivity index (χ1n) is 9.04. The van der Waals surface area contributed by atoms with Crippen molar-refractivity contribution in [3.63, 3.8) is 0 Å². The Morgan fingerprint density at radius 1 is 1.31 bits per heavy atom. The Morgan fingerprint density at radius 3 is 2.81 bits per heavy atom. The lowest BCUT2D eigenvalue weighted by molar-refractivity contribution is 0.0709. The maximum Gasteiger partial charge on any atom is 0.255 e. The largest absolute Gasteiger partial charge is 0.493 e. The van der Waals surface area contributed by atoms with E-state index >= 15 is 0 Å². The van der Waals surface area contributed by atoms with Crippen molar-refractivity contribution >= 4 is 34.1 Å². The number of rotatable bonds is 4. The molecule has 0 bridgehead atoms. The van der Waals surface area contributed by atoms with Crippen molar-refractivity contribution in [3.8, 4) is 5.88 Å². The van der Waals surface area contributed by atoms with E-state index in [1.54, 1.807) is 12.1 Å². The summed E-state index contributed by atoms with van der Waals surface area (Å²) in [4.78, 5) is 20.3. The Bertz CT molecular complexity index is 859. The number of H-pyrrole nitrogens is 1. The standard InChI is InChI=1S/C18H22ClN5O2/c19-15-12(5-6-13-14(15)16(22-20)17(25)21-13)18(26)24-9-3-4-11(24)10-23-7-1-2-8-23/h5-6,11,20-21,25H,1-4,7-10H2/t11-/m1/s1. The Kier molecular flexibility index (Phi) is 4.58. The van der Waals surface area contributed by atoms with Gasteiger partial charge in [0.15, 0.2) is 5.69 Å². The molecule has 2 aliphatic rings. The third-order valence-corrected chi connectivity index (χ3v) is 5.90. The fourth-order valence-electron chi connectivity index (χ4n) is 4.20. The second kappa shape index (κ2) is 6.89. The van der Waals surface area contributed by atoms with Gasteiger partial charge in [0.05, 0.1) is 21.5 Å². The molecule has 138 valence electrons. The molecule has 4 rings (SSSR count). The molecule has 2 saturated heterocycles. The fraction of sp³-hybridized carbons (Fsp3) is 0.500. The first-order valence-corrected chi connectivity index (χ1v) is 9.42. The molecule has 0 spiro atoms. The van der Waals surface area contributed by atoms with Crippen molar-refractivity contribution in [1.82, 2.24) is 14.8 Å². The molecule has 2 fully saturated rings. The van der Waals surface area contributed by atoms with Crippen molar-refractivity contribution in [1.29, 1.82) is 5.53 Å². The van der Waals surface area contributed by atoms with E-state index in [0.29, 0.717) is 16.5 Å². The summed E-state index contributed by atoms with van der Waals surface area (Å²) in [6, 6.07) is 3.60. The number of nitrogens with zero attached hydrogens (tertiary/aromatic N) is 3. The molecule has 0 radical (unpaired) electrons. The third-order valence-electron chi connectivity index (χ3n) is 5.50. The van der Waals surface area contributed by atoms with Crippen LogP contribution in [0.25, 0.3) is 10.9 Å². The Labute approximate surface area is 156 Å². The van der Waals surface area contributed by atoms with E-state index in [0.717, 1.165) is 39.0 Å². The van der Waals surface area contributed by atoms with Crippen LogP contribution in [0.4, 0.5) is 5.69 Å². The smallest absolute Gasteiger partial charge is 0.255 e. The quantitative estimate of drug-likeness (QED) is 0.707. The van der Waals surface area contributed by atoms with Crippen molar-refractivity contribution < 1.29 is 9.90 Å². The lowest BCUT2D eigenvalue weighted by atomic mass is 10.1. The minimum absolute atomic E-state index is 0.0645. The number of nitrogens with one attached hydrogen (secondary N) is 2. The summed E-state index contributed by atoms with van der Waals surface area (Å²) in [5.41, 5.74) is 8.29. The molecular formula is C18H22ClN5O2. The highest BCUT2D eigenvalue weighted by Gasteiger charge is 2.33. The summed E-state index contributed by atoms with van der Waals surface area (Å²) in [6.45, 7) is 3.88. The van der Waals surface area contributed by atoms with Crippen LogP contribution in [0, 0.1) is 5.53 Å². The number of benzene rings is 1. The summed E-state index contributed by atoms with van der Waals surface area (Å²) < 4.78 is 0. The van der Waals surface area contributed by atoms with E-state index in [1.807, 2.05) is 4.90 Å². The molecule has 1 atom stereocenters. The van der Waals surface area contributed by atoms with Gasteiger partial charge in [0, 0.05) is 19.1 Å². The van der Waals surface area contributed by atoms with E-state index < -0.39 is 0 Å². The Balaban J connectivity index is 1.64. The summed E-state index contributed by atoms with van der Waals surface area (Å²) in [5.74, 6) is -0.301. The number of amides is 1. The number of aromatic amines is 1. The second-order valence-electron chi connectivity index (χ2n) is 7.09. The minimum Gasteiger partial charge on any atom is -0.493 e. The first-order chi connectivity index (χ1) is 12.6. The molecule has 0 saturated carbocycles. The zero-order chi connectivity index (χ0) is 18.3. The van der Waals surface area contributed by atoms with Crippen LogP contribution in [-0.4, -0.2) is 58.0 Å². The van der Waals surface area contributed by atoms with Crippen LogP contribution in [0.5, 0.6) is 5.88 Å². The lowest BCUT2D eigenvalue weighted by Gasteiger charge is -2.29. The predicted octanol–water partition coefficient (Wildman–Crippen LogP) is 3.89. The first kappa shape index (κ1) is 17.3. The van der Waals surface area contributed by atoms with Gasteiger partial charge in [-0.05, 0) is 50.9 Å². The van der Waals surface area contributed by atoms with Crippen LogP contribution in [0.2, 0.25) is 5.02 Å². The maximum absolute atomic E-state index is 13.2. The molecule has 0 unspecified atom stereocenters. The molecule has 0 aliphatic carbocycles. The van der Waals surface area contributed by atoms with Crippen molar-refractivity contribution in [2.24, 2.45) is 5.11 Å². The molecule has 26 heavy (non-hydrogen) atoms. The zero-order valence-corrected chi connectivity index (χ0v) is 15.2. The van der Waals surface area contributed by atoms with E-state index in [2.05, 4.69) is 15.0 Å². The third kappa shape index (κ3) is 2.85. The number of halogens is 1. The van der Waals surface area contributed by atoms with Gasteiger partial charge in [-0.15, -0.1) is 0 Å². The molecule has 8 heteroatoms. The number of carbonyl (C=O) groups is 1. The highest BCUT2D eigenvalue weighted by Crippen LogP contribution is 2.41. The molecule has 1 aromatic heterocycles. The summed E-state index contributed by atoms with van der Waals surface area (Å²) in [6.07, 6.45) is 4.49. The van der Waals surface area contributed by atoms with Gasteiger partial charge in [-0.1, -0.05) is 11.6 Å². The lowest BCUT2D eigenvalue weighted by Crippen LogP contribution is -2.42. The Hall–Kier alpha value is -2.12. The van der Waals surface area contributed by atoms with Crippen LogP contribution in [0.3, 0.4) is 0 Å². The monoisotopic (exact) mass is 375 g/mol. The predicted molar refractivity (Wildman–Crippen MR) is 99.5 cm³/mol. The van der Waals surface area contributed by atoms with Gasteiger partial charge in [0.1, 0.15) is 0 Å². The minimum atomic E-state index is -0.213. The molecule has 2 aliphatic heterocycles. The van der Waals surface area contributed by atoms with Crippen molar-refractivity contribution in [2.45, 2.75) is 31.7 Å². The van der Waals surface area contributed by atoms with Gasteiger partial charge >= 0.3 is 0 Å². The number of hydrogen-bond donors (Lipinski definition) is 3. The number of aromatic hydroxyl groups is 1. The molecular weight excluding hydrogens is 354 g/mol. The van der Waals surface area contributed by atoms with Gasteiger partial charge in [0.25, 0.3) is 5.91 Å². The average Bonchev–Trinajstić information content (AvgIpc) is 3.35. The van der Waals surface area contributed by atoms with Gasteiger partial charge in [-0.25, -0.2) is 5.53 Å². The molecule has 7 nitrogen and oxygen atoms in total. The average molecular weight is 376 g/mol. The van der Waals surface area contributed by atoms with E-state index in [-0.39, 0.29) is 28.5 Å². The van der Waals surface area contributed by atoms with Crippen LogP contribution in [0.1, 0.15) is 36.0 Å². The molecule has 1 aromatic carbocycles. The van der Waals surface area contributed by atoms with E-state index in [4.69, 9.17) is 17.1 Å². The molecule has 2 aromatic rings. The Morgan fingerprint density at radius 2 is 2.08 bits per heavy atom. The van der Waals surface area contributed by atoms with Crippen molar-refractivity contribution in [3.05, 3.63) is 22.7 Å². The van der Waals surface area contributed by atoms with Gasteiger partial charge in [-0.2, -0.15) is 5.11 Å². The summed E-state index contributed by atoms with van der Waals surface area (Å²) in [5, 5.41) is 13.9. The van der Waals surface area contributed by atoms with Crippen molar-refractivity contribution in [2.75, 3.05) is 26.2 Å². The fourth-order valence-corrected chi connectivity index (χ4v) is 4.54. The van der Waals surface area contributed by atoms with Crippen LogP contribution in [0.15, 0.2) is 17.2 Å². The molecule has 1 amide bonds. The van der Waals surface area contributed by atoms with Gasteiger partial charge in [-0.3, -0.25) is 4.79 Å². The number of hydrogen-bond acceptors (Lipinski definition) is 5. The van der Waals surface area contributed by atoms with Crippen LogP contribution < -0.4 is 0 Å². The second-order valence-corrected chi connectivity index (χ2v) is 7.46. The topological polar surface area (TPSA) is 95.8 Å².